The van der Waals surface area contributed by atoms with E-state index in [2.05, 4.69) is 15.3 Å². The largest absolute Gasteiger partial charge is 0.473 e. The quantitative estimate of drug-likeness (QED) is 0.836. The smallest absolute Gasteiger partial charge is 0.237 e. The van der Waals surface area contributed by atoms with Gasteiger partial charge in [0, 0.05) is 7.05 Å². The maximum atomic E-state index is 5.90. The maximum absolute atomic E-state index is 5.90. The normalized spacial score (nSPS) is 16.1. The molecule has 14 heavy (non-hydrogen) atoms. The predicted molar refractivity (Wildman–Crippen MR) is 54.9 cm³/mol. The fraction of sp³-hybridized carbons (Fsp3) is 0.556. The molecule has 0 bridgehead atoms. The molecule has 1 aromatic rings. The molecule has 1 aromatic heterocycles. The first kappa shape index (κ1) is 9.52. The lowest BCUT2D eigenvalue weighted by atomic mass is 9.96. The Balaban J connectivity index is 2.13. The molecule has 0 radical (unpaired) electrons. The van der Waals surface area contributed by atoms with Gasteiger partial charge in [-0.05, 0) is 19.3 Å². The SMILES string of the molecule is CNc1ncc(Cl)c(OC2CCC2)n1. The molecular formula is C9H12ClN3O. The Morgan fingerprint density at radius 1 is 1.57 bits per heavy atom. The average molecular weight is 214 g/mol. The van der Waals surface area contributed by atoms with Gasteiger partial charge in [0.05, 0.1) is 6.20 Å². The minimum absolute atomic E-state index is 0.284. The van der Waals surface area contributed by atoms with Crippen LogP contribution in [-0.2, 0) is 0 Å². The number of hydrogen-bond donors (Lipinski definition) is 1. The van der Waals surface area contributed by atoms with Gasteiger partial charge in [-0.3, -0.25) is 0 Å². The minimum atomic E-state index is 0.284. The Kier molecular flexibility index (Phi) is 2.72. The number of hydrogen-bond acceptors (Lipinski definition) is 4. The van der Waals surface area contributed by atoms with Crippen molar-refractivity contribution in [1.82, 2.24) is 9.97 Å². The Hall–Kier alpha value is -1.03. The molecule has 0 atom stereocenters. The van der Waals surface area contributed by atoms with E-state index < -0.39 is 0 Å². The van der Waals surface area contributed by atoms with Crippen molar-refractivity contribution in [2.45, 2.75) is 25.4 Å². The summed E-state index contributed by atoms with van der Waals surface area (Å²) in [4.78, 5) is 8.11. The fourth-order valence-corrected chi connectivity index (χ4v) is 1.34. The monoisotopic (exact) mass is 213 g/mol. The Morgan fingerprint density at radius 3 is 2.93 bits per heavy atom. The van der Waals surface area contributed by atoms with Gasteiger partial charge in [0.1, 0.15) is 11.1 Å². The van der Waals surface area contributed by atoms with Crippen molar-refractivity contribution in [3.63, 3.8) is 0 Å². The van der Waals surface area contributed by atoms with E-state index >= 15 is 0 Å². The standard InChI is InChI=1S/C9H12ClN3O/c1-11-9-12-5-7(10)8(13-9)14-6-3-2-4-6/h5-6H,2-4H2,1H3,(H,11,12,13). The first-order valence-electron chi connectivity index (χ1n) is 4.66. The van der Waals surface area contributed by atoms with Crippen LogP contribution in [0, 0.1) is 0 Å². The summed E-state index contributed by atoms with van der Waals surface area (Å²) >= 11 is 5.90. The molecule has 4 nitrogen and oxygen atoms in total. The van der Waals surface area contributed by atoms with Crippen LogP contribution in [0.15, 0.2) is 6.20 Å². The number of nitrogens with one attached hydrogen (secondary N) is 1. The zero-order chi connectivity index (χ0) is 9.97. The second-order valence-corrected chi connectivity index (χ2v) is 3.67. The van der Waals surface area contributed by atoms with Crippen molar-refractivity contribution >= 4 is 17.5 Å². The summed E-state index contributed by atoms with van der Waals surface area (Å²) in [5.41, 5.74) is 0. The summed E-state index contributed by atoms with van der Waals surface area (Å²) in [7, 11) is 1.76. The fourth-order valence-electron chi connectivity index (χ4n) is 1.20. The molecule has 0 unspecified atom stereocenters. The maximum Gasteiger partial charge on any atom is 0.237 e. The van der Waals surface area contributed by atoms with Gasteiger partial charge >= 0.3 is 0 Å². The van der Waals surface area contributed by atoms with E-state index in [0.717, 1.165) is 12.8 Å². The molecule has 76 valence electrons. The van der Waals surface area contributed by atoms with Gasteiger partial charge in [0.2, 0.25) is 11.8 Å². The van der Waals surface area contributed by atoms with Gasteiger partial charge < -0.3 is 10.1 Å². The van der Waals surface area contributed by atoms with E-state index in [4.69, 9.17) is 16.3 Å². The van der Waals surface area contributed by atoms with E-state index in [-0.39, 0.29) is 6.10 Å². The average Bonchev–Trinajstić information content (AvgIpc) is 2.14. The Morgan fingerprint density at radius 2 is 2.36 bits per heavy atom. The molecule has 0 aromatic carbocycles. The summed E-state index contributed by atoms with van der Waals surface area (Å²) in [5, 5.41) is 3.31. The van der Waals surface area contributed by atoms with Crippen LogP contribution in [-0.4, -0.2) is 23.1 Å². The highest BCUT2D eigenvalue weighted by Crippen LogP contribution is 2.28. The zero-order valence-electron chi connectivity index (χ0n) is 7.96. The molecule has 2 rings (SSSR count). The van der Waals surface area contributed by atoms with Gasteiger partial charge in [-0.1, -0.05) is 11.6 Å². The third-order valence-electron chi connectivity index (χ3n) is 2.27. The van der Waals surface area contributed by atoms with Crippen molar-refractivity contribution in [3.8, 4) is 5.88 Å². The Labute approximate surface area is 87.7 Å². The van der Waals surface area contributed by atoms with Crippen molar-refractivity contribution < 1.29 is 4.74 Å². The van der Waals surface area contributed by atoms with Crippen LogP contribution < -0.4 is 10.1 Å². The first-order chi connectivity index (χ1) is 6.79. The van der Waals surface area contributed by atoms with Gasteiger partial charge in [-0.2, -0.15) is 4.98 Å². The van der Waals surface area contributed by atoms with Gasteiger partial charge in [0.15, 0.2) is 0 Å². The minimum Gasteiger partial charge on any atom is -0.473 e. The number of nitrogens with zero attached hydrogens (tertiary/aromatic N) is 2. The van der Waals surface area contributed by atoms with Crippen molar-refractivity contribution in [1.29, 1.82) is 0 Å². The van der Waals surface area contributed by atoms with Crippen LogP contribution in [0.2, 0.25) is 5.02 Å². The number of aromatic nitrogens is 2. The second-order valence-electron chi connectivity index (χ2n) is 3.27. The van der Waals surface area contributed by atoms with Crippen LogP contribution in [0.1, 0.15) is 19.3 Å². The number of anilines is 1. The molecular weight excluding hydrogens is 202 g/mol. The highest BCUT2D eigenvalue weighted by molar-refractivity contribution is 6.31. The summed E-state index contributed by atoms with van der Waals surface area (Å²) < 4.78 is 5.60. The highest BCUT2D eigenvalue weighted by Gasteiger charge is 2.21. The van der Waals surface area contributed by atoms with Crippen LogP contribution in [0.4, 0.5) is 5.95 Å². The summed E-state index contributed by atoms with van der Waals surface area (Å²) in [6, 6.07) is 0. The van der Waals surface area contributed by atoms with Crippen molar-refractivity contribution in [3.05, 3.63) is 11.2 Å². The number of halogens is 1. The molecule has 0 aliphatic heterocycles. The van der Waals surface area contributed by atoms with Gasteiger partial charge in [0.25, 0.3) is 0 Å². The van der Waals surface area contributed by atoms with E-state index in [1.54, 1.807) is 13.2 Å². The van der Waals surface area contributed by atoms with Crippen molar-refractivity contribution in [2.75, 3.05) is 12.4 Å². The molecule has 0 spiro atoms. The van der Waals surface area contributed by atoms with E-state index in [9.17, 15) is 0 Å². The predicted octanol–water partition coefficient (Wildman–Crippen LogP) is 2.10. The summed E-state index contributed by atoms with van der Waals surface area (Å²) in [6.45, 7) is 0. The van der Waals surface area contributed by atoms with Crippen LogP contribution >= 0.6 is 11.6 Å². The lowest BCUT2D eigenvalue weighted by Crippen LogP contribution is -2.25. The van der Waals surface area contributed by atoms with Crippen molar-refractivity contribution in [2.24, 2.45) is 0 Å². The molecule has 1 saturated carbocycles. The molecule has 5 heteroatoms. The molecule has 0 amide bonds. The molecule has 1 aliphatic carbocycles. The topological polar surface area (TPSA) is 47.0 Å². The van der Waals surface area contributed by atoms with Gasteiger partial charge in [-0.25, -0.2) is 4.98 Å². The summed E-state index contributed by atoms with van der Waals surface area (Å²) in [5.74, 6) is 1.01. The third-order valence-corrected chi connectivity index (χ3v) is 2.53. The lowest BCUT2D eigenvalue weighted by Gasteiger charge is -2.26. The van der Waals surface area contributed by atoms with E-state index in [0.29, 0.717) is 16.9 Å². The van der Waals surface area contributed by atoms with Crippen LogP contribution in [0.5, 0.6) is 5.88 Å². The first-order valence-corrected chi connectivity index (χ1v) is 5.04. The second kappa shape index (κ2) is 4.00. The van der Waals surface area contributed by atoms with E-state index in [1.165, 1.54) is 6.42 Å². The highest BCUT2D eigenvalue weighted by atomic mass is 35.5. The Bertz CT molecular complexity index is 328. The van der Waals surface area contributed by atoms with E-state index in [1.807, 2.05) is 0 Å². The molecule has 1 N–H and O–H groups in total. The lowest BCUT2D eigenvalue weighted by molar-refractivity contribution is 0.115. The molecule has 1 fully saturated rings. The number of rotatable bonds is 3. The zero-order valence-corrected chi connectivity index (χ0v) is 8.71. The molecule has 0 saturated heterocycles. The molecule has 1 heterocycles. The third kappa shape index (κ3) is 1.90. The van der Waals surface area contributed by atoms with Gasteiger partial charge in [-0.15, -0.1) is 0 Å². The molecule has 1 aliphatic rings. The number of ether oxygens (including phenoxy) is 1. The summed E-state index contributed by atoms with van der Waals surface area (Å²) in [6.07, 6.45) is 5.25. The van der Waals surface area contributed by atoms with Crippen LogP contribution in [0.25, 0.3) is 0 Å². The van der Waals surface area contributed by atoms with Crippen LogP contribution in [0.3, 0.4) is 0 Å².